The van der Waals surface area contributed by atoms with E-state index in [1.165, 1.54) is 0 Å². The maximum absolute atomic E-state index is 12.4. The van der Waals surface area contributed by atoms with E-state index in [0.717, 1.165) is 5.56 Å². The van der Waals surface area contributed by atoms with Gasteiger partial charge in [-0.2, -0.15) is 0 Å². The summed E-state index contributed by atoms with van der Waals surface area (Å²) >= 11 is 0. The van der Waals surface area contributed by atoms with Gasteiger partial charge in [0.1, 0.15) is 0 Å². The lowest BCUT2D eigenvalue weighted by Crippen LogP contribution is -2.55. The minimum absolute atomic E-state index is 0.149. The number of hydrogen-bond acceptors (Lipinski definition) is 5. The first-order valence-corrected chi connectivity index (χ1v) is 7.16. The third-order valence-corrected chi connectivity index (χ3v) is 3.59. The molecule has 1 rings (SSSR count). The zero-order valence-corrected chi connectivity index (χ0v) is 13.3. The number of likely N-dealkylation sites (N-methyl/N-ethyl adjacent to an activating group) is 1. The van der Waals surface area contributed by atoms with Crippen molar-refractivity contribution in [3.63, 3.8) is 0 Å². The zero-order chi connectivity index (χ0) is 15.9. The molecule has 0 radical (unpaired) electrons. The Morgan fingerprint density at radius 3 is 2.52 bits per heavy atom. The molecule has 1 aromatic rings. The van der Waals surface area contributed by atoms with Crippen LogP contribution in [0.4, 0.5) is 0 Å². The van der Waals surface area contributed by atoms with E-state index in [1.807, 2.05) is 49.2 Å². The molecule has 1 aromatic carbocycles. The van der Waals surface area contributed by atoms with Crippen molar-refractivity contribution in [2.24, 2.45) is 5.73 Å². The smallest absolute Gasteiger partial charge is 0.332 e. The molecule has 118 valence electrons. The van der Waals surface area contributed by atoms with Crippen molar-refractivity contribution in [3.8, 4) is 0 Å². The maximum Gasteiger partial charge on any atom is 0.332 e. The molecule has 5 nitrogen and oxygen atoms in total. The number of methoxy groups -OCH3 is 1. The van der Waals surface area contributed by atoms with Crippen molar-refractivity contribution in [1.29, 1.82) is 0 Å². The minimum atomic E-state index is -1.19. The average Bonchev–Trinajstić information content (AvgIpc) is 2.48. The van der Waals surface area contributed by atoms with Gasteiger partial charge >= 0.3 is 5.97 Å². The van der Waals surface area contributed by atoms with Crippen LogP contribution in [0.5, 0.6) is 0 Å². The van der Waals surface area contributed by atoms with Gasteiger partial charge in [-0.25, -0.2) is 4.79 Å². The molecule has 0 saturated heterocycles. The third kappa shape index (κ3) is 4.52. The van der Waals surface area contributed by atoms with Gasteiger partial charge < -0.3 is 15.2 Å². The number of nitrogens with zero attached hydrogens (tertiary/aromatic N) is 1. The monoisotopic (exact) mass is 294 g/mol. The first kappa shape index (κ1) is 17.6. The number of rotatable bonds is 8. The maximum atomic E-state index is 12.4. The summed E-state index contributed by atoms with van der Waals surface area (Å²) in [7, 11) is 3.58. The summed E-state index contributed by atoms with van der Waals surface area (Å²) in [6, 6.07) is 9.49. The van der Waals surface area contributed by atoms with Crippen molar-refractivity contribution in [1.82, 2.24) is 4.90 Å². The minimum Gasteiger partial charge on any atom is -0.464 e. The SMILES string of the molecule is CCOC(=O)C(N)(CN(C)C(C)COC)c1ccccc1. The molecule has 0 saturated carbocycles. The van der Waals surface area contributed by atoms with Crippen LogP contribution < -0.4 is 5.73 Å². The third-order valence-electron chi connectivity index (χ3n) is 3.59. The van der Waals surface area contributed by atoms with Gasteiger partial charge in [0.2, 0.25) is 0 Å². The quantitative estimate of drug-likeness (QED) is 0.734. The van der Waals surface area contributed by atoms with Crippen molar-refractivity contribution in [2.45, 2.75) is 25.4 Å². The van der Waals surface area contributed by atoms with Gasteiger partial charge in [0.05, 0.1) is 13.2 Å². The molecule has 0 aromatic heterocycles. The molecule has 0 amide bonds. The van der Waals surface area contributed by atoms with Crippen LogP contribution in [0, 0.1) is 0 Å². The van der Waals surface area contributed by atoms with Gasteiger partial charge in [-0.05, 0) is 26.5 Å². The fourth-order valence-corrected chi connectivity index (χ4v) is 2.19. The van der Waals surface area contributed by atoms with E-state index in [2.05, 4.69) is 0 Å². The predicted octanol–water partition coefficient (Wildman–Crippen LogP) is 1.37. The molecule has 0 aliphatic rings. The molecule has 0 aliphatic carbocycles. The van der Waals surface area contributed by atoms with E-state index >= 15 is 0 Å². The topological polar surface area (TPSA) is 64.8 Å². The summed E-state index contributed by atoms with van der Waals surface area (Å²) in [4.78, 5) is 14.4. The lowest BCUT2D eigenvalue weighted by Gasteiger charge is -2.34. The molecule has 0 aliphatic heterocycles. The second-order valence-electron chi connectivity index (χ2n) is 5.28. The van der Waals surface area contributed by atoms with Crippen molar-refractivity contribution in [3.05, 3.63) is 35.9 Å². The van der Waals surface area contributed by atoms with Gasteiger partial charge in [0.15, 0.2) is 5.54 Å². The number of carbonyl (C=O) groups excluding carboxylic acids is 1. The van der Waals surface area contributed by atoms with Crippen molar-refractivity contribution in [2.75, 3.05) is 33.9 Å². The molecular weight excluding hydrogens is 268 g/mol. The van der Waals surface area contributed by atoms with Crippen LogP contribution in [0.3, 0.4) is 0 Å². The Kier molecular flexibility index (Phi) is 6.81. The first-order valence-electron chi connectivity index (χ1n) is 7.16. The van der Waals surface area contributed by atoms with E-state index in [1.54, 1.807) is 14.0 Å². The van der Waals surface area contributed by atoms with Crippen LogP contribution in [-0.2, 0) is 19.8 Å². The molecular formula is C16H26N2O3. The van der Waals surface area contributed by atoms with E-state index in [4.69, 9.17) is 15.2 Å². The molecule has 0 fully saturated rings. The van der Waals surface area contributed by atoms with E-state index in [-0.39, 0.29) is 6.04 Å². The number of ether oxygens (including phenoxy) is 2. The first-order chi connectivity index (χ1) is 9.95. The van der Waals surface area contributed by atoms with Gasteiger partial charge in [-0.3, -0.25) is 4.90 Å². The molecule has 0 bridgehead atoms. The Morgan fingerprint density at radius 2 is 2.00 bits per heavy atom. The molecule has 5 heteroatoms. The van der Waals surface area contributed by atoms with Crippen LogP contribution in [0.15, 0.2) is 30.3 Å². The average molecular weight is 294 g/mol. The second kappa shape index (κ2) is 8.12. The van der Waals surface area contributed by atoms with Crippen LogP contribution in [-0.4, -0.2) is 50.8 Å². The van der Waals surface area contributed by atoms with Crippen molar-refractivity contribution >= 4 is 5.97 Å². The highest BCUT2D eigenvalue weighted by Crippen LogP contribution is 2.22. The number of nitrogens with two attached hydrogens (primary N) is 1. The molecule has 2 unspecified atom stereocenters. The zero-order valence-electron chi connectivity index (χ0n) is 13.3. The standard InChI is InChI=1S/C16H26N2O3/c1-5-21-15(19)16(17,14-9-7-6-8-10-14)12-18(3)13(2)11-20-4/h6-10,13H,5,11-12,17H2,1-4H3. The normalized spacial score (nSPS) is 15.5. The van der Waals surface area contributed by atoms with E-state index in [0.29, 0.717) is 19.8 Å². The summed E-state index contributed by atoms with van der Waals surface area (Å²) in [5, 5.41) is 0. The summed E-state index contributed by atoms with van der Waals surface area (Å²) in [6.45, 7) is 5.05. The molecule has 0 spiro atoms. The molecule has 2 atom stereocenters. The molecule has 0 heterocycles. The van der Waals surface area contributed by atoms with Crippen LogP contribution in [0.1, 0.15) is 19.4 Å². The molecule has 2 N–H and O–H groups in total. The van der Waals surface area contributed by atoms with Crippen LogP contribution in [0.25, 0.3) is 0 Å². The highest BCUT2D eigenvalue weighted by atomic mass is 16.5. The Balaban J connectivity index is 3.00. The van der Waals surface area contributed by atoms with Gasteiger partial charge in [0, 0.05) is 19.7 Å². The number of esters is 1. The highest BCUT2D eigenvalue weighted by molar-refractivity contribution is 5.82. The Labute approximate surface area is 127 Å². The second-order valence-corrected chi connectivity index (χ2v) is 5.28. The fourth-order valence-electron chi connectivity index (χ4n) is 2.19. The van der Waals surface area contributed by atoms with Gasteiger partial charge in [-0.1, -0.05) is 30.3 Å². The predicted molar refractivity (Wildman–Crippen MR) is 82.9 cm³/mol. The summed E-state index contributed by atoms with van der Waals surface area (Å²) in [6.07, 6.45) is 0. The fraction of sp³-hybridized carbons (Fsp3) is 0.562. The largest absolute Gasteiger partial charge is 0.464 e. The summed E-state index contributed by atoms with van der Waals surface area (Å²) in [5.74, 6) is -0.410. The van der Waals surface area contributed by atoms with Gasteiger partial charge in [-0.15, -0.1) is 0 Å². The Bertz CT molecular complexity index is 438. The number of hydrogen-bond donors (Lipinski definition) is 1. The van der Waals surface area contributed by atoms with Crippen molar-refractivity contribution < 1.29 is 14.3 Å². The van der Waals surface area contributed by atoms with E-state index < -0.39 is 11.5 Å². The number of carbonyl (C=O) groups is 1. The number of benzene rings is 1. The van der Waals surface area contributed by atoms with Gasteiger partial charge in [0.25, 0.3) is 0 Å². The Hall–Kier alpha value is -1.43. The Morgan fingerprint density at radius 1 is 1.38 bits per heavy atom. The van der Waals surface area contributed by atoms with E-state index in [9.17, 15) is 4.79 Å². The summed E-state index contributed by atoms with van der Waals surface area (Å²) in [5.41, 5.74) is 5.99. The highest BCUT2D eigenvalue weighted by Gasteiger charge is 2.39. The lowest BCUT2D eigenvalue weighted by atomic mass is 9.90. The summed E-state index contributed by atoms with van der Waals surface area (Å²) < 4.78 is 10.3. The van der Waals surface area contributed by atoms with Crippen LogP contribution in [0.2, 0.25) is 0 Å². The molecule has 21 heavy (non-hydrogen) atoms. The lowest BCUT2D eigenvalue weighted by molar-refractivity contribution is -0.151. The van der Waals surface area contributed by atoms with Crippen LogP contribution >= 0.6 is 0 Å².